The number of nitrogens with zero attached hydrogens (tertiary/aromatic N) is 2. The number of aromatic nitrogens is 1. The highest BCUT2D eigenvalue weighted by molar-refractivity contribution is 6.08. The van der Waals surface area contributed by atoms with Gasteiger partial charge in [0.05, 0.1) is 32.5 Å². The first-order chi connectivity index (χ1) is 14.0. The summed E-state index contributed by atoms with van der Waals surface area (Å²) in [5.74, 6) is -3.69. The van der Waals surface area contributed by atoms with Gasteiger partial charge in [0.25, 0.3) is 5.91 Å². The van der Waals surface area contributed by atoms with Gasteiger partial charge < -0.3 is 19.5 Å². The van der Waals surface area contributed by atoms with Crippen molar-refractivity contribution in [3.8, 4) is 11.9 Å². The molecule has 2 aromatic rings. The summed E-state index contributed by atoms with van der Waals surface area (Å²) in [5.41, 5.74) is 0.559. The fourth-order valence-electron chi connectivity index (χ4n) is 2.58. The Morgan fingerprint density at radius 1 is 1.17 bits per heavy atom. The van der Waals surface area contributed by atoms with Gasteiger partial charge in [-0.15, -0.1) is 0 Å². The highest BCUT2D eigenvalue weighted by Crippen LogP contribution is 2.29. The van der Waals surface area contributed by atoms with E-state index >= 15 is 0 Å². The second-order valence-corrected chi connectivity index (χ2v) is 5.64. The highest BCUT2D eigenvalue weighted by Gasteiger charge is 2.33. The monoisotopic (exact) mass is 397 g/mol. The molecule has 0 aliphatic rings. The molecule has 0 saturated heterocycles. The number of hydrogen-bond acceptors (Lipinski definition) is 8. The molecule has 2 rings (SSSR count). The number of benzene rings is 1. The summed E-state index contributed by atoms with van der Waals surface area (Å²) in [6, 6.07) is 9.20. The van der Waals surface area contributed by atoms with E-state index in [0.717, 1.165) is 14.2 Å². The Labute approximate surface area is 167 Å². The Balaban J connectivity index is 2.51. The quantitative estimate of drug-likeness (QED) is 0.555. The molecule has 0 saturated carbocycles. The standard InChI is InChI=1S/C20H19N3O6/c1-4-29-18-13(6-5-9-22-18)17(24)23-15-8-7-12(11-21)10-14(15)16(19(25)27-2)20(26)28-3/h5-10,16H,4H2,1-3H3,(H,23,24). The maximum atomic E-state index is 12.8. The van der Waals surface area contributed by atoms with E-state index in [1.807, 2.05) is 6.07 Å². The molecule has 1 heterocycles. The van der Waals surface area contributed by atoms with Gasteiger partial charge in [-0.25, -0.2) is 4.98 Å². The molecule has 1 aromatic carbocycles. The van der Waals surface area contributed by atoms with Crippen LogP contribution < -0.4 is 10.1 Å². The van der Waals surface area contributed by atoms with Crippen molar-refractivity contribution in [3.63, 3.8) is 0 Å². The largest absolute Gasteiger partial charge is 0.477 e. The van der Waals surface area contributed by atoms with E-state index in [4.69, 9.17) is 14.2 Å². The first-order valence-electron chi connectivity index (χ1n) is 8.55. The number of methoxy groups -OCH3 is 2. The van der Waals surface area contributed by atoms with Crippen molar-refractivity contribution in [1.29, 1.82) is 5.26 Å². The molecule has 9 nitrogen and oxygen atoms in total. The van der Waals surface area contributed by atoms with Crippen LogP contribution in [0.5, 0.6) is 5.88 Å². The van der Waals surface area contributed by atoms with E-state index in [-0.39, 0.29) is 28.3 Å². The maximum Gasteiger partial charge on any atom is 0.324 e. The van der Waals surface area contributed by atoms with Crippen molar-refractivity contribution in [2.45, 2.75) is 12.8 Å². The van der Waals surface area contributed by atoms with E-state index < -0.39 is 23.8 Å². The molecule has 1 amide bonds. The Morgan fingerprint density at radius 2 is 1.86 bits per heavy atom. The number of nitrogens with one attached hydrogen (secondary N) is 1. The molecule has 0 radical (unpaired) electrons. The van der Waals surface area contributed by atoms with Crippen molar-refractivity contribution >= 4 is 23.5 Å². The number of carbonyl (C=O) groups excluding carboxylic acids is 3. The fourth-order valence-corrected chi connectivity index (χ4v) is 2.58. The van der Waals surface area contributed by atoms with Crippen molar-refractivity contribution in [2.24, 2.45) is 0 Å². The lowest BCUT2D eigenvalue weighted by Gasteiger charge is -2.18. The van der Waals surface area contributed by atoms with E-state index in [2.05, 4.69) is 10.3 Å². The highest BCUT2D eigenvalue weighted by atomic mass is 16.5. The van der Waals surface area contributed by atoms with Gasteiger partial charge in [-0.05, 0) is 37.3 Å². The zero-order valence-corrected chi connectivity index (χ0v) is 16.1. The molecule has 0 aliphatic carbocycles. The van der Waals surface area contributed by atoms with Gasteiger partial charge in [-0.1, -0.05) is 0 Å². The van der Waals surface area contributed by atoms with Crippen LogP contribution in [0.25, 0.3) is 0 Å². The van der Waals surface area contributed by atoms with E-state index in [0.29, 0.717) is 6.61 Å². The summed E-state index contributed by atoms with van der Waals surface area (Å²) in [6.07, 6.45) is 1.49. The molecule has 0 fully saturated rings. The van der Waals surface area contributed by atoms with Crippen molar-refractivity contribution in [2.75, 3.05) is 26.1 Å². The van der Waals surface area contributed by atoms with Gasteiger partial charge in [0, 0.05) is 17.4 Å². The number of ether oxygens (including phenoxy) is 3. The van der Waals surface area contributed by atoms with Crippen LogP contribution in [0.3, 0.4) is 0 Å². The summed E-state index contributed by atoms with van der Waals surface area (Å²) >= 11 is 0. The number of anilines is 1. The molecule has 1 aromatic heterocycles. The van der Waals surface area contributed by atoms with E-state index in [9.17, 15) is 19.6 Å². The number of nitriles is 1. The SMILES string of the molecule is CCOc1ncccc1C(=O)Nc1ccc(C#N)cc1C(C(=O)OC)C(=O)OC. The van der Waals surface area contributed by atoms with Crippen LogP contribution in [0.4, 0.5) is 5.69 Å². The molecule has 0 unspecified atom stereocenters. The smallest absolute Gasteiger partial charge is 0.324 e. The van der Waals surface area contributed by atoms with Gasteiger partial charge in [0.1, 0.15) is 5.56 Å². The van der Waals surface area contributed by atoms with Crippen molar-refractivity contribution in [1.82, 2.24) is 4.98 Å². The number of esters is 2. The van der Waals surface area contributed by atoms with Crippen LogP contribution in [-0.4, -0.2) is 43.7 Å². The van der Waals surface area contributed by atoms with Crippen LogP contribution in [0.1, 0.15) is 34.3 Å². The zero-order valence-electron chi connectivity index (χ0n) is 16.1. The molecule has 1 N–H and O–H groups in total. The van der Waals surface area contributed by atoms with Crippen LogP contribution in [0.2, 0.25) is 0 Å². The first-order valence-corrected chi connectivity index (χ1v) is 8.55. The average molecular weight is 397 g/mol. The van der Waals surface area contributed by atoms with E-state index in [1.54, 1.807) is 13.0 Å². The molecule has 0 aliphatic heterocycles. The Morgan fingerprint density at radius 3 is 2.45 bits per heavy atom. The second-order valence-electron chi connectivity index (χ2n) is 5.64. The summed E-state index contributed by atoms with van der Waals surface area (Å²) in [5, 5.41) is 11.8. The normalized spacial score (nSPS) is 10.0. The van der Waals surface area contributed by atoms with Crippen LogP contribution >= 0.6 is 0 Å². The lowest BCUT2D eigenvalue weighted by molar-refractivity contribution is -0.154. The lowest BCUT2D eigenvalue weighted by atomic mass is 9.95. The van der Waals surface area contributed by atoms with Gasteiger partial charge in [0.15, 0.2) is 5.92 Å². The molecular weight excluding hydrogens is 378 g/mol. The molecule has 0 bridgehead atoms. The molecule has 0 atom stereocenters. The van der Waals surface area contributed by atoms with Gasteiger partial charge >= 0.3 is 11.9 Å². The molecule has 29 heavy (non-hydrogen) atoms. The van der Waals surface area contributed by atoms with Crippen LogP contribution in [0.15, 0.2) is 36.5 Å². The minimum Gasteiger partial charge on any atom is -0.477 e. The molecule has 9 heteroatoms. The average Bonchev–Trinajstić information content (AvgIpc) is 2.75. The number of amides is 1. The predicted octanol–water partition coefficient (Wildman–Crippen LogP) is 2.03. The first kappa shape index (κ1) is 21.4. The van der Waals surface area contributed by atoms with Gasteiger partial charge in [-0.3, -0.25) is 14.4 Å². The van der Waals surface area contributed by atoms with Crippen molar-refractivity contribution in [3.05, 3.63) is 53.2 Å². The minimum atomic E-state index is -1.48. The topological polar surface area (TPSA) is 128 Å². The van der Waals surface area contributed by atoms with Crippen LogP contribution in [-0.2, 0) is 19.1 Å². The molecule has 0 spiro atoms. The second kappa shape index (κ2) is 9.85. The Kier molecular flexibility index (Phi) is 7.26. The third-order valence-electron chi connectivity index (χ3n) is 3.91. The molecule has 150 valence electrons. The van der Waals surface area contributed by atoms with Gasteiger partial charge in [-0.2, -0.15) is 5.26 Å². The number of carbonyl (C=O) groups is 3. The predicted molar refractivity (Wildman–Crippen MR) is 101 cm³/mol. The fraction of sp³-hybridized carbons (Fsp3) is 0.250. The third kappa shape index (κ3) is 4.87. The minimum absolute atomic E-state index is 0.0675. The summed E-state index contributed by atoms with van der Waals surface area (Å²) in [6.45, 7) is 2.07. The number of pyridine rings is 1. The zero-order chi connectivity index (χ0) is 21.4. The van der Waals surface area contributed by atoms with E-state index in [1.165, 1.54) is 30.5 Å². The third-order valence-corrected chi connectivity index (χ3v) is 3.91. The number of rotatable bonds is 7. The lowest BCUT2D eigenvalue weighted by Crippen LogP contribution is -2.26. The summed E-state index contributed by atoms with van der Waals surface area (Å²) in [4.78, 5) is 41.2. The maximum absolute atomic E-state index is 12.8. The Hall–Kier alpha value is -3.93. The van der Waals surface area contributed by atoms with Gasteiger partial charge in [0.2, 0.25) is 5.88 Å². The molecular formula is C20H19N3O6. The Bertz CT molecular complexity index is 951. The number of hydrogen-bond donors (Lipinski definition) is 1. The van der Waals surface area contributed by atoms with Crippen LogP contribution in [0, 0.1) is 11.3 Å². The summed E-state index contributed by atoms with van der Waals surface area (Å²) in [7, 11) is 2.24. The summed E-state index contributed by atoms with van der Waals surface area (Å²) < 4.78 is 14.7. The van der Waals surface area contributed by atoms with Crippen molar-refractivity contribution < 1.29 is 28.6 Å².